The van der Waals surface area contributed by atoms with Gasteiger partial charge in [-0.05, 0) is 5.56 Å². The highest BCUT2D eigenvalue weighted by Gasteiger charge is 2.31. The Kier molecular flexibility index (Phi) is 3.82. The average molecular weight is 234 g/mol. The average Bonchev–Trinajstić information content (AvgIpc) is 2.25. The number of amides is 4. The molecule has 1 radical (unpaired) electrons. The van der Waals surface area contributed by atoms with E-state index in [2.05, 4.69) is 0 Å². The summed E-state index contributed by atoms with van der Waals surface area (Å²) in [5.74, 6) is -1.74. The maximum Gasteiger partial charge on any atom is 0.322 e. The van der Waals surface area contributed by atoms with Crippen molar-refractivity contribution in [3.05, 3.63) is 35.9 Å². The second-order valence-corrected chi connectivity index (χ2v) is 3.40. The lowest BCUT2D eigenvalue weighted by molar-refractivity contribution is -0.134. The Morgan fingerprint density at radius 1 is 1.24 bits per heavy atom. The zero-order valence-corrected chi connectivity index (χ0v) is 9.21. The molecule has 1 unspecified atom stereocenters. The minimum absolute atomic E-state index is 0.376. The Hall–Kier alpha value is -2.37. The van der Waals surface area contributed by atoms with Gasteiger partial charge in [0, 0.05) is 6.92 Å². The lowest BCUT2D eigenvalue weighted by Crippen LogP contribution is -2.45. The fourth-order valence-electron chi connectivity index (χ4n) is 1.52. The molecule has 0 aliphatic rings. The van der Waals surface area contributed by atoms with Crippen LogP contribution in [0.1, 0.15) is 18.5 Å². The normalized spacial score (nSPS) is 11.6. The van der Waals surface area contributed by atoms with E-state index in [1.54, 1.807) is 30.3 Å². The number of rotatable bonds is 3. The Morgan fingerprint density at radius 3 is 2.12 bits per heavy atom. The number of nitrogens with zero attached hydrogens (tertiary/aromatic N) is 1. The molecule has 1 aromatic rings. The van der Waals surface area contributed by atoms with Gasteiger partial charge in [0.25, 0.3) is 5.91 Å². The van der Waals surface area contributed by atoms with Crippen molar-refractivity contribution in [3.8, 4) is 0 Å². The molecule has 1 aromatic carbocycles. The summed E-state index contributed by atoms with van der Waals surface area (Å²) >= 11 is 0. The minimum atomic E-state index is -1.29. The number of primary amides is 1. The van der Waals surface area contributed by atoms with Crippen LogP contribution in [0.2, 0.25) is 0 Å². The van der Waals surface area contributed by atoms with Crippen LogP contribution in [-0.2, 0) is 9.59 Å². The van der Waals surface area contributed by atoms with E-state index in [1.807, 2.05) is 0 Å². The minimum Gasteiger partial charge on any atom is -0.351 e. The third kappa shape index (κ3) is 2.81. The van der Waals surface area contributed by atoms with Gasteiger partial charge in [-0.2, -0.15) is 0 Å². The molecule has 0 bridgehead atoms. The molecule has 0 aromatic heterocycles. The second kappa shape index (κ2) is 5.11. The molecule has 0 aliphatic carbocycles. The van der Waals surface area contributed by atoms with Crippen molar-refractivity contribution in [2.75, 3.05) is 0 Å². The molecule has 3 N–H and O–H groups in total. The van der Waals surface area contributed by atoms with E-state index in [0.717, 1.165) is 6.92 Å². The molecule has 6 heteroatoms. The summed E-state index contributed by atoms with van der Waals surface area (Å²) in [7, 11) is 0. The number of nitrogens with one attached hydrogen (secondary N) is 1. The Morgan fingerprint density at radius 2 is 1.76 bits per heavy atom. The Balaban J connectivity index is 3.22. The summed E-state index contributed by atoms with van der Waals surface area (Å²) in [6.07, 6.45) is 0. The summed E-state index contributed by atoms with van der Waals surface area (Å²) in [5.41, 5.74) is 12.6. The fraction of sp³-hybridized carbons (Fsp3) is 0.182. The molecule has 4 amide bonds. The number of urea groups is 1. The van der Waals surface area contributed by atoms with Gasteiger partial charge in [-0.1, -0.05) is 30.3 Å². The SMILES string of the molecule is CC(=O)N(C(N)=O)C(C([NH])=O)c1ccccc1. The Bertz CT molecular complexity index is 431. The van der Waals surface area contributed by atoms with Crippen LogP contribution < -0.4 is 11.5 Å². The third-order valence-corrected chi connectivity index (χ3v) is 2.20. The van der Waals surface area contributed by atoms with Crippen LogP contribution in [0.15, 0.2) is 30.3 Å². The van der Waals surface area contributed by atoms with E-state index >= 15 is 0 Å². The van der Waals surface area contributed by atoms with Crippen LogP contribution in [0.5, 0.6) is 0 Å². The molecule has 0 heterocycles. The van der Waals surface area contributed by atoms with Crippen LogP contribution in [0.4, 0.5) is 4.79 Å². The van der Waals surface area contributed by atoms with Crippen LogP contribution in [0.3, 0.4) is 0 Å². The van der Waals surface area contributed by atoms with Crippen LogP contribution in [0.25, 0.3) is 0 Å². The van der Waals surface area contributed by atoms with Gasteiger partial charge in [0.2, 0.25) is 5.91 Å². The monoisotopic (exact) mass is 234 g/mol. The second-order valence-electron chi connectivity index (χ2n) is 3.40. The number of hydrogen-bond donors (Lipinski definition) is 1. The van der Waals surface area contributed by atoms with Crippen molar-refractivity contribution in [3.63, 3.8) is 0 Å². The maximum absolute atomic E-state index is 11.3. The molecular weight excluding hydrogens is 222 g/mol. The maximum atomic E-state index is 11.3. The topological polar surface area (TPSA) is 104 Å². The molecule has 17 heavy (non-hydrogen) atoms. The number of nitrogens with two attached hydrogens (primary N) is 1. The quantitative estimate of drug-likeness (QED) is 0.821. The molecule has 0 saturated carbocycles. The molecule has 0 fully saturated rings. The molecule has 89 valence electrons. The van der Waals surface area contributed by atoms with Crippen molar-refractivity contribution in [1.82, 2.24) is 10.6 Å². The summed E-state index contributed by atoms with van der Waals surface area (Å²) in [6.45, 7) is 1.11. The van der Waals surface area contributed by atoms with Gasteiger partial charge in [-0.15, -0.1) is 0 Å². The van der Waals surface area contributed by atoms with E-state index in [4.69, 9.17) is 11.5 Å². The van der Waals surface area contributed by atoms with E-state index in [-0.39, 0.29) is 0 Å². The van der Waals surface area contributed by atoms with Crippen molar-refractivity contribution in [1.29, 1.82) is 0 Å². The lowest BCUT2D eigenvalue weighted by Gasteiger charge is -2.24. The van der Waals surface area contributed by atoms with Gasteiger partial charge in [0.1, 0.15) is 6.04 Å². The molecule has 0 saturated heterocycles. The predicted molar refractivity (Wildman–Crippen MR) is 59.4 cm³/mol. The van der Waals surface area contributed by atoms with Crippen LogP contribution >= 0.6 is 0 Å². The highest BCUT2D eigenvalue weighted by atomic mass is 16.2. The van der Waals surface area contributed by atoms with E-state index < -0.39 is 23.9 Å². The number of carbonyl (C=O) groups is 3. The van der Waals surface area contributed by atoms with Crippen LogP contribution in [0, 0.1) is 0 Å². The largest absolute Gasteiger partial charge is 0.351 e. The van der Waals surface area contributed by atoms with Gasteiger partial charge < -0.3 is 5.73 Å². The predicted octanol–water partition coefficient (Wildman–Crippen LogP) is 0.464. The highest BCUT2D eigenvalue weighted by molar-refractivity contribution is 5.98. The van der Waals surface area contributed by atoms with Crippen molar-refractivity contribution < 1.29 is 14.4 Å². The fourth-order valence-corrected chi connectivity index (χ4v) is 1.52. The molecule has 1 atom stereocenters. The number of hydrogen-bond acceptors (Lipinski definition) is 3. The first-order valence-corrected chi connectivity index (χ1v) is 4.84. The number of carbonyl (C=O) groups excluding carboxylic acids is 3. The molecule has 6 nitrogen and oxygen atoms in total. The molecule has 1 rings (SSSR count). The first-order valence-electron chi connectivity index (χ1n) is 4.84. The zero-order chi connectivity index (χ0) is 13.0. The summed E-state index contributed by atoms with van der Waals surface area (Å²) < 4.78 is 0. The summed E-state index contributed by atoms with van der Waals surface area (Å²) in [6, 6.07) is 5.77. The van der Waals surface area contributed by atoms with Gasteiger partial charge in [0.05, 0.1) is 0 Å². The summed E-state index contributed by atoms with van der Waals surface area (Å²) in [4.78, 5) is 34.3. The zero-order valence-electron chi connectivity index (χ0n) is 9.21. The van der Waals surface area contributed by atoms with Gasteiger partial charge in [-0.3, -0.25) is 15.3 Å². The van der Waals surface area contributed by atoms with Crippen molar-refractivity contribution in [2.45, 2.75) is 13.0 Å². The molecule has 0 aliphatic heterocycles. The van der Waals surface area contributed by atoms with Gasteiger partial charge in [-0.25, -0.2) is 9.69 Å². The van der Waals surface area contributed by atoms with Gasteiger partial charge >= 0.3 is 6.03 Å². The Labute approximate surface area is 98.2 Å². The van der Waals surface area contributed by atoms with E-state index in [0.29, 0.717) is 10.5 Å². The molecular formula is C11H12N3O3. The van der Waals surface area contributed by atoms with E-state index in [1.165, 1.54) is 0 Å². The van der Waals surface area contributed by atoms with Crippen LogP contribution in [-0.4, -0.2) is 22.7 Å². The lowest BCUT2D eigenvalue weighted by atomic mass is 10.1. The first-order chi connectivity index (χ1) is 7.95. The van der Waals surface area contributed by atoms with E-state index in [9.17, 15) is 14.4 Å². The standard InChI is InChI=1S/C11H12N3O3/c1-7(15)14(11(13)17)9(10(12)16)8-5-3-2-4-6-8/h2-6,9,12H,1H3,(H2,13,17). The van der Waals surface area contributed by atoms with Crippen molar-refractivity contribution in [2.24, 2.45) is 5.73 Å². The smallest absolute Gasteiger partial charge is 0.322 e. The highest BCUT2D eigenvalue weighted by Crippen LogP contribution is 2.20. The third-order valence-electron chi connectivity index (χ3n) is 2.20. The number of benzene rings is 1. The first kappa shape index (κ1) is 12.7. The number of imide groups is 1. The van der Waals surface area contributed by atoms with Gasteiger partial charge in [0.15, 0.2) is 0 Å². The van der Waals surface area contributed by atoms with Crippen molar-refractivity contribution >= 4 is 17.8 Å². The molecule has 0 spiro atoms. The summed E-state index contributed by atoms with van der Waals surface area (Å²) in [5, 5.41) is 0.